The summed E-state index contributed by atoms with van der Waals surface area (Å²) >= 11 is 0. The normalized spacial score (nSPS) is 11.7. The minimum atomic E-state index is -4.89. The van der Waals surface area contributed by atoms with Crippen LogP contribution in [0.1, 0.15) is 25.5 Å². The highest BCUT2D eigenvalue weighted by Gasteiger charge is 2.31. The number of nitrogens with zero attached hydrogens (tertiary/aromatic N) is 4. The zero-order chi connectivity index (χ0) is 22.1. The van der Waals surface area contributed by atoms with E-state index in [2.05, 4.69) is 25.1 Å². The molecule has 158 valence electrons. The SMILES string of the molecule is CC(C)c1nn(CC(=O)Nc2ncncc2F)c(=O)c2ccc(OC(F)(F)F)cc12. The maximum atomic E-state index is 13.6. The van der Waals surface area contributed by atoms with Gasteiger partial charge in [0, 0.05) is 5.39 Å². The van der Waals surface area contributed by atoms with Crippen molar-refractivity contribution >= 4 is 22.5 Å². The summed E-state index contributed by atoms with van der Waals surface area (Å²) in [6.45, 7) is 2.90. The lowest BCUT2D eigenvalue weighted by Gasteiger charge is -2.15. The van der Waals surface area contributed by atoms with Crippen molar-refractivity contribution in [3.8, 4) is 5.75 Å². The Morgan fingerprint density at radius 2 is 2.00 bits per heavy atom. The summed E-state index contributed by atoms with van der Waals surface area (Å²) in [4.78, 5) is 32.0. The lowest BCUT2D eigenvalue weighted by atomic mass is 10.0. The highest BCUT2D eigenvalue weighted by molar-refractivity contribution is 5.90. The van der Waals surface area contributed by atoms with Gasteiger partial charge in [0.15, 0.2) is 11.6 Å². The summed E-state index contributed by atoms with van der Waals surface area (Å²) in [7, 11) is 0. The number of carbonyl (C=O) groups excluding carboxylic acids is 1. The van der Waals surface area contributed by atoms with Gasteiger partial charge in [-0.1, -0.05) is 13.8 Å². The van der Waals surface area contributed by atoms with E-state index in [1.807, 2.05) is 0 Å². The first-order chi connectivity index (χ1) is 14.0. The maximum Gasteiger partial charge on any atom is 0.573 e. The van der Waals surface area contributed by atoms with E-state index in [1.165, 1.54) is 6.07 Å². The molecular weight excluding hydrogens is 410 g/mol. The number of halogens is 4. The van der Waals surface area contributed by atoms with Crippen LogP contribution in [0.4, 0.5) is 23.4 Å². The van der Waals surface area contributed by atoms with Gasteiger partial charge in [-0.15, -0.1) is 13.2 Å². The molecule has 12 heteroatoms. The molecule has 8 nitrogen and oxygen atoms in total. The third-order valence-corrected chi connectivity index (χ3v) is 3.96. The van der Waals surface area contributed by atoms with Gasteiger partial charge in [0.1, 0.15) is 18.6 Å². The van der Waals surface area contributed by atoms with Gasteiger partial charge < -0.3 is 10.1 Å². The number of fused-ring (bicyclic) bond motifs is 1. The Morgan fingerprint density at radius 1 is 1.27 bits per heavy atom. The van der Waals surface area contributed by atoms with Crippen LogP contribution in [0, 0.1) is 5.82 Å². The molecule has 0 fully saturated rings. The fraction of sp³-hybridized carbons (Fsp3) is 0.278. The van der Waals surface area contributed by atoms with Gasteiger partial charge in [-0.3, -0.25) is 9.59 Å². The van der Waals surface area contributed by atoms with Crippen molar-refractivity contribution in [3.05, 3.63) is 52.6 Å². The van der Waals surface area contributed by atoms with Crippen LogP contribution in [-0.4, -0.2) is 32.0 Å². The number of amides is 1. The Balaban J connectivity index is 1.98. The largest absolute Gasteiger partial charge is 0.573 e. The Labute approximate surface area is 166 Å². The Kier molecular flexibility index (Phi) is 5.67. The standard InChI is InChI=1S/C18H15F4N5O3/c1-9(2)15-12-5-10(30-18(20,21)22)3-4-11(12)17(29)27(26-15)7-14(28)25-16-13(19)6-23-8-24-16/h3-6,8-9H,7H2,1-2H3,(H,23,24,25,28). The van der Waals surface area contributed by atoms with Crippen LogP contribution < -0.4 is 15.6 Å². The first-order valence-electron chi connectivity index (χ1n) is 8.61. The molecule has 0 atom stereocenters. The van der Waals surface area contributed by atoms with Crippen molar-refractivity contribution in [2.75, 3.05) is 5.32 Å². The van der Waals surface area contributed by atoms with Gasteiger partial charge in [-0.05, 0) is 24.1 Å². The van der Waals surface area contributed by atoms with E-state index in [0.717, 1.165) is 29.3 Å². The number of aromatic nitrogens is 4. The predicted molar refractivity (Wildman–Crippen MR) is 97.4 cm³/mol. The Morgan fingerprint density at radius 3 is 2.63 bits per heavy atom. The minimum Gasteiger partial charge on any atom is -0.406 e. The smallest absolute Gasteiger partial charge is 0.406 e. The molecule has 0 aliphatic heterocycles. The first kappa shape index (κ1) is 21.1. The number of ether oxygens (including phenoxy) is 1. The van der Waals surface area contributed by atoms with Crippen molar-refractivity contribution in [2.24, 2.45) is 0 Å². The summed E-state index contributed by atoms with van der Waals surface area (Å²) < 4.78 is 55.9. The van der Waals surface area contributed by atoms with E-state index in [-0.39, 0.29) is 22.5 Å². The minimum absolute atomic E-state index is 0.0595. The maximum absolute atomic E-state index is 13.6. The molecular formula is C18H15F4N5O3. The average molecular weight is 425 g/mol. The lowest BCUT2D eigenvalue weighted by Crippen LogP contribution is -2.31. The van der Waals surface area contributed by atoms with Gasteiger partial charge in [-0.25, -0.2) is 19.0 Å². The van der Waals surface area contributed by atoms with Gasteiger partial charge in [0.05, 0.1) is 17.3 Å². The van der Waals surface area contributed by atoms with Crippen molar-refractivity contribution < 1.29 is 27.1 Å². The molecule has 2 heterocycles. The highest BCUT2D eigenvalue weighted by atomic mass is 19.4. The van der Waals surface area contributed by atoms with Crippen LogP contribution in [0.5, 0.6) is 5.75 Å². The molecule has 0 spiro atoms. The van der Waals surface area contributed by atoms with Gasteiger partial charge >= 0.3 is 6.36 Å². The quantitative estimate of drug-likeness (QED) is 0.631. The second-order valence-corrected chi connectivity index (χ2v) is 6.53. The molecule has 0 saturated heterocycles. The monoisotopic (exact) mass is 425 g/mol. The average Bonchev–Trinajstić information content (AvgIpc) is 2.64. The number of rotatable bonds is 5. The van der Waals surface area contributed by atoms with Crippen LogP contribution in [-0.2, 0) is 11.3 Å². The topological polar surface area (TPSA) is 99.0 Å². The number of anilines is 1. The molecule has 3 aromatic rings. The first-order valence-corrected chi connectivity index (χ1v) is 8.61. The van der Waals surface area contributed by atoms with Crippen LogP contribution in [0.15, 0.2) is 35.5 Å². The summed E-state index contributed by atoms with van der Waals surface area (Å²) in [5, 5.41) is 6.56. The van der Waals surface area contributed by atoms with E-state index in [9.17, 15) is 27.2 Å². The van der Waals surface area contributed by atoms with E-state index in [0.29, 0.717) is 5.69 Å². The molecule has 0 saturated carbocycles. The molecule has 0 bridgehead atoms. The van der Waals surface area contributed by atoms with Crippen molar-refractivity contribution in [1.82, 2.24) is 19.7 Å². The number of hydrogen-bond acceptors (Lipinski definition) is 6. The van der Waals surface area contributed by atoms with Crippen molar-refractivity contribution in [2.45, 2.75) is 32.7 Å². The lowest BCUT2D eigenvalue weighted by molar-refractivity contribution is -0.274. The molecule has 0 unspecified atom stereocenters. The zero-order valence-electron chi connectivity index (χ0n) is 15.7. The molecule has 1 amide bonds. The fourth-order valence-corrected chi connectivity index (χ4v) is 2.73. The third kappa shape index (κ3) is 4.70. The summed E-state index contributed by atoms with van der Waals surface area (Å²) in [5.74, 6) is -2.77. The van der Waals surface area contributed by atoms with Crippen LogP contribution in [0.25, 0.3) is 10.8 Å². The van der Waals surface area contributed by atoms with Gasteiger partial charge in [0.2, 0.25) is 5.91 Å². The summed E-state index contributed by atoms with van der Waals surface area (Å²) in [6, 6.07) is 3.25. The second kappa shape index (κ2) is 8.05. The van der Waals surface area contributed by atoms with Crippen LogP contribution in [0.3, 0.4) is 0 Å². The second-order valence-electron chi connectivity index (χ2n) is 6.53. The predicted octanol–water partition coefficient (Wildman–Crippen LogP) is 2.99. The zero-order valence-corrected chi connectivity index (χ0v) is 15.7. The number of hydrogen-bond donors (Lipinski definition) is 1. The third-order valence-electron chi connectivity index (χ3n) is 3.96. The van der Waals surface area contributed by atoms with E-state index >= 15 is 0 Å². The molecule has 0 aliphatic carbocycles. The van der Waals surface area contributed by atoms with Crippen LogP contribution in [0.2, 0.25) is 0 Å². The molecule has 2 aromatic heterocycles. The van der Waals surface area contributed by atoms with E-state index in [1.54, 1.807) is 13.8 Å². The number of alkyl halides is 3. The molecule has 0 aliphatic rings. The van der Waals surface area contributed by atoms with Gasteiger partial charge in [-0.2, -0.15) is 5.10 Å². The highest BCUT2D eigenvalue weighted by Crippen LogP contribution is 2.28. The van der Waals surface area contributed by atoms with E-state index in [4.69, 9.17) is 0 Å². The number of nitrogens with one attached hydrogen (secondary N) is 1. The number of benzene rings is 1. The molecule has 3 rings (SSSR count). The van der Waals surface area contributed by atoms with Crippen molar-refractivity contribution in [1.29, 1.82) is 0 Å². The van der Waals surface area contributed by atoms with Crippen molar-refractivity contribution in [3.63, 3.8) is 0 Å². The fourth-order valence-electron chi connectivity index (χ4n) is 2.73. The summed E-state index contributed by atoms with van der Waals surface area (Å²) in [6.07, 6.45) is -2.99. The van der Waals surface area contributed by atoms with Gasteiger partial charge in [0.25, 0.3) is 5.56 Å². The molecule has 1 aromatic carbocycles. The molecule has 1 N–H and O–H groups in total. The molecule has 0 radical (unpaired) electrons. The van der Waals surface area contributed by atoms with E-state index < -0.39 is 35.9 Å². The van der Waals surface area contributed by atoms with Crippen LogP contribution >= 0.6 is 0 Å². The summed E-state index contributed by atoms with van der Waals surface area (Å²) in [5.41, 5.74) is -0.412. The Hall–Kier alpha value is -3.57. The number of carbonyl (C=O) groups is 1. The molecule has 30 heavy (non-hydrogen) atoms. The Bertz CT molecular complexity index is 1160.